The van der Waals surface area contributed by atoms with Gasteiger partial charge >= 0.3 is 0 Å². The molecular weight excluding hydrogens is 213 g/mol. The van der Waals surface area contributed by atoms with E-state index in [-0.39, 0.29) is 5.82 Å². The Balaban J connectivity index is 2.40. The average Bonchev–Trinajstić information content (AvgIpc) is 2.28. The van der Waals surface area contributed by atoms with Crippen LogP contribution in [0.1, 0.15) is 16.7 Å². The zero-order valence-electron chi connectivity index (χ0n) is 10.3. The third kappa shape index (κ3) is 2.47. The topological polar surface area (TPSA) is 12.0 Å². The monoisotopic (exact) mass is 229 g/mol. The summed E-state index contributed by atoms with van der Waals surface area (Å²) >= 11 is 0. The van der Waals surface area contributed by atoms with Gasteiger partial charge in [-0.15, -0.1) is 0 Å². The zero-order valence-corrected chi connectivity index (χ0v) is 10.3. The molecule has 1 N–H and O–H groups in total. The van der Waals surface area contributed by atoms with Crippen LogP contribution in [-0.2, 0) is 0 Å². The molecule has 2 rings (SSSR count). The van der Waals surface area contributed by atoms with Crippen LogP contribution < -0.4 is 5.32 Å². The fourth-order valence-corrected chi connectivity index (χ4v) is 1.88. The molecule has 0 bridgehead atoms. The van der Waals surface area contributed by atoms with Crippen molar-refractivity contribution < 1.29 is 4.39 Å². The van der Waals surface area contributed by atoms with Crippen LogP contribution in [0.3, 0.4) is 0 Å². The molecule has 2 aromatic carbocycles. The normalized spacial score (nSPS) is 10.4. The highest BCUT2D eigenvalue weighted by Crippen LogP contribution is 2.25. The van der Waals surface area contributed by atoms with Gasteiger partial charge in [-0.25, -0.2) is 4.39 Å². The molecule has 0 radical (unpaired) electrons. The predicted molar refractivity (Wildman–Crippen MR) is 70.3 cm³/mol. The SMILES string of the molecule is Cc1cc(C)c(C)c(Nc2ccccc2F)c1. The summed E-state index contributed by atoms with van der Waals surface area (Å²) in [5, 5.41) is 3.15. The van der Waals surface area contributed by atoms with Crippen LogP contribution in [0.25, 0.3) is 0 Å². The molecule has 0 unspecified atom stereocenters. The van der Waals surface area contributed by atoms with Crippen LogP contribution in [0.5, 0.6) is 0 Å². The van der Waals surface area contributed by atoms with Gasteiger partial charge in [-0.1, -0.05) is 18.2 Å². The zero-order chi connectivity index (χ0) is 12.4. The number of para-hydroxylation sites is 1. The molecule has 1 nitrogen and oxygen atoms in total. The standard InChI is InChI=1S/C15H16FN/c1-10-8-11(2)12(3)15(9-10)17-14-7-5-4-6-13(14)16/h4-9,17H,1-3H3. The van der Waals surface area contributed by atoms with E-state index in [1.807, 2.05) is 26.0 Å². The number of anilines is 2. The van der Waals surface area contributed by atoms with E-state index in [1.165, 1.54) is 17.2 Å². The van der Waals surface area contributed by atoms with E-state index in [2.05, 4.69) is 18.3 Å². The van der Waals surface area contributed by atoms with E-state index >= 15 is 0 Å². The summed E-state index contributed by atoms with van der Waals surface area (Å²) in [6.45, 7) is 6.14. The molecular formula is C15H16FN. The smallest absolute Gasteiger partial charge is 0.146 e. The maximum absolute atomic E-state index is 13.5. The summed E-state index contributed by atoms with van der Waals surface area (Å²) in [6.07, 6.45) is 0. The van der Waals surface area contributed by atoms with Gasteiger partial charge < -0.3 is 5.32 Å². The first-order chi connectivity index (χ1) is 8.08. The Bertz CT molecular complexity index is 547. The van der Waals surface area contributed by atoms with Crippen LogP contribution in [0.4, 0.5) is 15.8 Å². The molecule has 0 heterocycles. The maximum Gasteiger partial charge on any atom is 0.146 e. The molecule has 2 heteroatoms. The lowest BCUT2D eigenvalue weighted by molar-refractivity contribution is 0.632. The lowest BCUT2D eigenvalue weighted by atomic mass is 10.0. The number of rotatable bonds is 2. The van der Waals surface area contributed by atoms with Gasteiger partial charge in [-0.2, -0.15) is 0 Å². The summed E-state index contributed by atoms with van der Waals surface area (Å²) in [6, 6.07) is 10.9. The van der Waals surface area contributed by atoms with E-state index in [9.17, 15) is 4.39 Å². The number of halogens is 1. The van der Waals surface area contributed by atoms with Crippen LogP contribution in [0, 0.1) is 26.6 Å². The molecule has 0 aliphatic heterocycles. The molecule has 17 heavy (non-hydrogen) atoms. The molecule has 0 fully saturated rings. The Morgan fingerprint density at radius 3 is 2.35 bits per heavy atom. The summed E-state index contributed by atoms with van der Waals surface area (Å²) < 4.78 is 13.5. The summed E-state index contributed by atoms with van der Waals surface area (Å²) in [7, 11) is 0. The third-order valence-corrected chi connectivity index (χ3v) is 2.95. The van der Waals surface area contributed by atoms with E-state index in [4.69, 9.17) is 0 Å². The highest BCUT2D eigenvalue weighted by molar-refractivity contribution is 5.65. The number of aryl methyl sites for hydroxylation is 2. The van der Waals surface area contributed by atoms with Gasteiger partial charge in [0.05, 0.1) is 5.69 Å². The first-order valence-electron chi connectivity index (χ1n) is 5.67. The van der Waals surface area contributed by atoms with Crippen LogP contribution >= 0.6 is 0 Å². The molecule has 0 aliphatic carbocycles. The minimum Gasteiger partial charge on any atom is -0.353 e. The van der Waals surface area contributed by atoms with Crippen LogP contribution in [0.15, 0.2) is 36.4 Å². The highest BCUT2D eigenvalue weighted by Gasteiger charge is 2.05. The Labute approximate surface area is 101 Å². The molecule has 0 saturated carbocycles. The van der Waals surface area contributed by atoms with Crippen molar-refractivity contribution in [2.45, 2.75) is 20.8 Å². The van der Waals surface area contributed by atoms with Gasteiger partial charge in [-0.05, 0) is 55.7 Å². The van der Waals surface area contributed by atoms with Gasteiger partial charge in [0, 0.05) is 5.69 Å². The van der Waals surface area contributed by atoms with Gasteiger partial charge in [0.1, 0.15) is 5.82 Å². The molecule has 0 atom stereocenters. The van der Waals surface area contributed by atoms with Gasteiger partial charge in [0.2, 0.25) is 0 Å². The van der Waals surface area contributed by atoms with Crippen molar-refractivity contribution in [3.8, 4) is 0 Å². The van der Waals surface area contributed by atoms with Crippen molar-refractivity contribution >= 4 is 11.4 Å². The molecule has 0 aliphatic rings. The minimum absolute atomic E-state index is 0.231. The van der Waals surface area contributed by atoms with Crippen LogP contribution in [-0.4, -0.2) is 0 Å². The largest absolute Gasteiger partial charge is 0.353 e. The fourth-order valence-electron chi connectivity index (χ4n) is 1.88. The van der Waals surface area contributed by atoms with Crippen molar-refractivity contribution in [2.75, 3.05) is 5.32 Å². The van der Waals surface area contributed by atoms with Gasteiger partial charge in [0.25, 0.3) is 0 Å². The second-order valence-corrected chi connectivity index (χ2v) is 4.36. The predicted octanol–water partition coefficient (Wildman–Crippen LogP) is 4.49. The van der Waals surface area contributed by atoms with Crippen molar-refractivity contribution in [3.05, 3.63) is 58.9 Å². The number of benzene rings is 2. The van der Waals surface area contributed by atoms with Crippen molar-refractivity contribution in [1.29, 1.82) is 0 Å². The molecule has 0 aromatic heterocycles. The Morgan fingerprint density at radius 1 is 0.941 bits per heavy atom. The van der Waals surface area contributed by atoms with E-state index in [1.54, 1.807) is 12.1 Å². The maximum atomic E-state index is 13.5. The lowest BCUT2D eigenvalue weighted by Crippen LogP contribution is -1.98. The molecule has 0 saturated heterocycles. The molecule has 0 spiro atoms. The Kier molecular flexibility index (Phi) is 3.14. The molecule has 2 aromatic rings. The van der Waals surface area contributed by atoms with E-state index in [0.717, 1.165) is 11.3 Å². The van der Waals surface area contributed by atoms with Crippen molar-refractivity contribution in [3.63, 3.8) is 0 Å². The van der Waals surface area contributed by atoms with Crippen molar-refractivity contribution in [2.24, 2.45) is 0 Å². The highest BCUT2D eigenvalue weighted by atomic mass is 19.1. The Morgan fingerprint density at radius 2 is 1.65 bits per heavy atom. The molecule has 0 amide bonds. The minimum atomic E-state index is -0.231. The summed E-state index contributed by atoms with van der Waals surface area (Å²) in [4.78, 5) is 0. The van der Waals surface area contributed by atoms with E-state index < -0.39 is 0 Å². The summed E-state index contributed by atoms with van der Waals surface area (Å²) in [5.41, 5.74) is 5.02. The second-order valence-electron chi connectivity index (χ2n) is 4.36. The first-order valence-corrected chi connectivity index (χ1v) is 5.67. The number of hydrogen-bond acceptors (Lipinski definition) is 1. The fraction of sp³-hybridized carbons (Fsp3) is 0.200. The van der Waals surface area contributed by atoms with Crippen LogP contribution in [0.2, 0.25) is 0 Å². The molecule has 88 valence electrons. The average molecular weight is 229 g/mol. The van der Waals surface area contributed by atoms with E-state index in [0.29, 0.717) is 5.69 Å². The van der Waals surface area contributed by atoms with Gasteiger partial charge in [-0.3, -0.25) is 0 Å². The lowest BCUT2D eigenvalue weighted by Gasteiger charge is -2.13. The first kappa shape index (κ1) is 11.6. The third-order valence-electron chi connectivity index (χ3n) is 2.95. The number of nitrogens with one attached hydrogen (secondary N) is 1. The van der Waals surface area contributed by atoms with Crippen molar-refractivity contribution in [1.82, 2.24) is 0 Å². The number of hydrogen-bond donors (Lipinski definition) is 1. The quantitative estimate of drug-likeness (QED) is 0.799. The Hall–Kier alpha value is -1.83. The van der Waals surface area contributed by atoms with Gasteiger partial charge in [0.15, 0.2) is 0 Å². The summed E-state index contributed by atoms with van der Waals surface area (Å²) in [5.74, 6) is -0.231. The second kappa shape index (κ2) is 4.58.